The summed E-state index contributed by atoms with van der Waals surface area (Å²) in [6.07, 6.45) is 0. The van der Waals surface area contributed by atoms with Crippen LogP contribution in [0.4, 0.5) is 0 Å². The number of para-hydroxylation sites is 7. The number of hydrogen-bond donors (Lipinski definition) is 0. The number of nitrogens with zero attached hydrogens (tertiary/aromatic N) is 6. The van der Waals surface area contributed by atoms with Crippen LogP contribution in [-0.2, 0) is 39.3 Å². The summed E-state index contributed by atoms with van der Waals surface area (Å²) in [4.78, 5) is 0.618. The molecule has 25 aromatic rings. The van der Waals surface area contributed by atoms with Gasteiger partial charge in [-0.15, -0.1) is 0 Å². The minimum absolute atomic E-state index is 0.151. The molecular weight excluding hydrogens is 1800 g/mol. The Labute approximate surface area is 848 Å². The molecule has 706 valence electrons. The Morgan fingerprint density at radius 2 is 0.566 bits per heavy atom. The van der Waals surface area contributed by atoms with E-state index >= 15 is 0 Å². The fourth-order valence-electron chi connectivity index (χ4n) is 21.8. The molecule has 0 bridgehead atoms. The zero-order chi connectivity index (χ0) is 100.0. The van der Waals surface area contributed by atoms with Crippen LogP contribution >= 0.6 is 7.14 Å². The Morgan fingerprint density at radius 3 is 1.05 bits per heavy atom. The van der Waals surface area contributed by atoms with Gasteiger partial charge in [0.05, 0.1) is 54.5 Å². The predicted octanol–water partition coefficient (Wildman–Crippen LogP) is 32.9. The van der Waals surface area contributed by atoms with Crippen molar-refractivity contribution in [2.75, 3.05) is 0 Å². The zero-order valence-corrected chi connectivity index (χ0v) is 85.0. The average molecular weight is 1920 g/mol. The molecule has 5 aromatic heterocycles. The van der Waals surface area contributed by atoms with Crippen LogP contribution in [0.1, 0.15) is 83.3 Å². The molecule has 2 aliphatic carbocycles. The summed E-state index contributed by atoms with van der Waals surface area (Å²) in [6, 6.07) is 164. The fraction of sp³-hybridized carbons (Fsp3) is 0.0970. The summed E-state index contributed by atoms with van der Waals surface area (Å²) in [5.41, 5.74) is 34.1. The molecular formula is C134H111N6O3PS. The van der Waals surface area contributed by atoms with E-state index < -0.39 is 17.0 Å². The highest BCUT2D eigenvalue weighted by Gasteiger charge is 2.38. The van der Waals surface area contributed by atoms with E-state index in [1.807, 2.05) is 133 Å². The first-order valence-electron chi connectivity index (χ1n) is 49.5. The Kier molecular flexibility index (Phi) is 25.5. The first kappa shape index (κ1) is 94.3. The summed E-state index contributed by atoms with van der Waals surface area (Å²) in [5.74, 6) is 0. The fourth-order valence-corrected chi connectivity index (χ4v) is 25.8. The molecule has 0 saturated carbocycles. The first-order chi connectivity index (χ1) is 70.5. The van der Waals surface area contributed by atoms with Crippen molar-refractivity contribution in [2.24, 2.45) is 14.1 Å². The van der Waals surface area contributed by atoms with Gasteiger partial charge in [-0.25, -0.2) is 8.42 Å². The maximum atomic E-state index is 14.9. The van der Waals surface area contributed by atoms with Crippen molar-refractivity contribution in [2.45, 2.75) is 82.9 Å². The van der Waals surface area contributed by atoms with Crippen LogP contribution in [0, 0.1) is 45.9 Å². The lowest BCUT2D eigenvalue weighted by Crippen LogP contribution is -2.24. The molecule has 27 rings (SSSR count). The van der Waals surface area contributed by atoms with Gasteiger partial charge in [0, 0.05) is 134 Å². The van der Waals surface area contributed by atoms with E-state index in [-0.39, 0.29) is 10.8 Å². The standard InChI is InChI=1S/C31H24NOP.C25H19NO2S.C19H15N.2C16H16.C14H10N2.C13H11N/c1-23-17-19-30-28(21-23)29-22-27(18-20-31(29)32(30)24-11-5-2-6-12-24)34(33,25-13-7-3-8-14-25)26-15-9-4-10-16-26;1-18-12-14-24-22(16-18)23-17-21(29(27,28)20-10-6-3-7-11-20)13-15-25(23)26(24)19-8-4-2-5-9-19;1-14-11-12-19-17(13-14)16-9-5-6-10-18(16)20(19)15-7-3-2-4-8-15;1-11-7-6-10-14-15(11)12-8-4-5-9-13(12)16(14,2)3;1-11-8-9-15-13(10-11)12-6-4-5-7-14(12)16(15,2)3;1-16-13-5-3-2-4-11(13)12-8-10(9-15)6-7-14(12)16;1-14-12-8-4-2-6-10(12)11-7-3-5-9-13(11)14/h2-22H,1H3;2-17H,1H3;2-13H,1H3;2*4-10H,1-3H3;2-8H,1H3;2-9H,1H3. The van der Waals surface area contributed by atoms with Crippen molar-refractivity contribution < 1.29 is 13.0 Å². The van der Waals surface area contributed by atoms with Crippen LogP contribution in [0.3, 0.4) is 0 Å². The molecule has 145 heavy (non-hydrogen) atoms. The van der Waals surface area contributed by atoms with E-state index in [0.717, 1.165) is 76.5 Å². The Hall–Kier alpha value is -16.9. The topological polar surface area (TPSA) is 99.7 Å². The van der Waals surface area contributed by atoms with Crippen LogP contribution in [0.2, 0.25) is 0 Å². The number of rotatable bonds is 8. The molecule has 2 aliphatic rings. The number of hydrogen-bond acceptors (Lipinski definition) is 4. The zero-order valence-electron chi connectivity index (χ0n) is 83.3. The van der Waals surface area contributed by atoms with E-state index in [4.69, 9.17) is 5.26 Å². The van der Waals surface area contributed by atoms with E-state index in [1.54, 1.807) is 36.4 Å². The molecule has 0 aliphatic heterocycles. The molecule has 0 unspecified atom stereocenters. The van der Waals surface area contributed by atoms with Crippen molar-refractivity contribution in [3.8, 4) is 45.4 Å². The largest absolute Gasteiger partial charge is 0.344 e. The summed E-state index contributed by atoms with van der Waals surface area (Å²) in [5, 5.41) is 23.4. The lowest BCUT2D eigenvalue weighted by atomic mass is 9.82. The predicted molar refractivity (Wildman–Crippen MR) is 611 cm³/mol. The van der Waals surface area contributed by atoms with Gasteiger partial charge in [-0.2, -0.15) is 5.26 Å². The number of benzene rings is 20. The number of nitriles is 1. The number of fused-ring (bicyclic) bond motifs is 21. The van der Waals surface area contributed by atoms with Gasteiger partial charge in [0.25, 0.3) is 0 Å². The molecule has 20 aromatic carbocycles. The summed E-state index contributed by atoms with van der Waals surface area (Å²) >= 11 is 0. The van der Waals surface area contributed by atoms with Gasteiger partial charge >= 0.3 is 0 Å². The molecule has 0 fully saturated rings. The van der Waals surface area contributed by atoms with Crippen molar-refractivity contribution in [1.29, 1.82) is 5.26 Å². The lowest BCUT2D eigenvalue weighted by molar-refractivity contribution is 0.592. The molecule has 9 nitrogen and oxygen atoms in total. The highest BCUT2D eigenvalue weighted by atomic mass is 32.2. The minimum Gasteiger partial charge on any atom is -0.344 e. The smallest absolute Gasteiger partial charge is 0.206 e. The average Bonchev–Trinajstić information content (AvgIpc) is 1.62. The molecule has 0 N–H and O–H groups in total. The maximum Gasteiger partial charge on any atom is 0.206 e. The summed E-state index contributed by atoms with van der Waals surface area (Å²) in [7, 11) is -2.45. The molecule has 5 heterocycles. The van der Waals surface area contributed by atoms with Crippen LogP contribution in [0.5, 0.6) is 0 Å². The van der Waals surface area contributed by atoms with Gasteiger partial charge in [0.15, 0.2) is 7.14 Å². The van der Waals surface area contributed by atoms with Crippen molar-refractivity contribution in [3.05, 3.63) is 529 Å². The van der Waals surface area contributed by atoms with E-state index in [9.17, 15) is 13.0 Å². The normalized spacial score (nSPS) is 12.4. The van der Waals surface area contributed by atoms with Gasteiger partial charge in [-0.05, 0) is 248 Å². The van der Waals surface area contributed by atoms with Crippen molar-refractivity contribution in [1.82, 2.24) is 22.8 Å². The third-order valence-electron chi connectivity index (χ3n) is 29.1. The van der Waals surface area contributed by atoms with Crippen LogP contribution in [-0.4, -0.2) is 31.3 Å². The van der Waals surface area contributed by atoms with Crippen LogP contribution in [0.25, 0.3) is 148 Å². The van der Waals surface area contributed by atoms with E-state index in [0.29, 0.717) is 15.4 Å². The highest BCUT2D eigenvalue weighted by Crippen LogP contribution is 2.52. The Morgan fingerprint density at radius 1 is 0.248 bits per heavy atom. The number of aryl methyl sites for hydroxylation is 7. The maximum absolute atomic E-state index is 14.9. The molecule has 0 spiro atoms. The minimum atomic E-state index is -3.57. The van der Waals surface area contributed by atoms with Crippen molar-refractivity contribution in [3.63, 3.8) is 0 Å². The molecule has 0 amide bonds. The van der Waals surface area contributed by atoms with Crippen LogP contribution < -0.4 is 15.9 Å². The molecule has 0 radical (unpaired) electrons. The van der Waals surface area contributed by atoms with Crippen LogP contribution in [0.15, 0.2) is 483 Å². The SMILES string of the molecule is Cc1ccc2c(c1)-c1ccccc1C2(C)C.Cc1ccc2c(c1)c1cc(P(=O)(c3ccccc3)c3ccccc3)ccc1n2-c1ccccc1.Cc1ccc2c(c1)c1cc(S(=O)(=O)c3ccccc3)ccc1n2-c1ccccc1.Cc1ccc2c(c1)c1ccccc1n2-c1ccccc1.Cc1cccc2c1-c1ccccc1C2(C)C.Cn1c2ccccc2c2cc(C#N)ccc21.Cn1c2ccccc2c2ccccc21. The van der Waals surface area contributed by atoms with Gasteiger partial charge in [0.2, 0.25) is 9.84 Å². The first-order valence-corrected chi connectivity index (χ1v) is 52.6. The third-order valence-corrected chi connectivity index (χ3v) is 33.9. The second kappa shape index (κ2) is 39.2. The molecule has 0 atom stereocenters. The van der Waals surface area contributed by atoms with Gasteiger partial charge in [-0.1, -0.05) is 359 Å². The monoisotopic (exact) mass is 1910 g/mol. The number of sulfone groups is 1. The molecule has 0 saturated heterocycles. The van der Waals surface area contributed by atoms with Crippen molar-refractivity contribution >= 4 is 142 Å². The quantitative estimate of drug-likeness (QED) is 0.142. The Bertz CT molecular complexity index is 9360. The van der Waals surface area contributed by atoms with E-state index in [1.165, 1.54) is 138 Å². The molecule has 11 heteroatoms. The second-order valence-electron chi connectivity index (χ2n) is 39.0. The lowest BCUT2D eigenvalue weighted by Gasteiger charge is -2.21. The van der Waals surface area contributed by atoms with E-state index in [2.05, 4.69) is 409 Å². The van der Waals surface area contributed by atoms with Gasteiger partial charge in [-0.3, -0.25) is 0 Å². The highest BCUT2D eigenvalue weighted by molar-refractivity contribution is 7.91. The summed E-state index contributed by atoms with van der Waals surface area (Å²) in [6.45, 7) is 19.9. The number of aromatic nitrogens is 5. The Balaban J connectivity index is 0.000000102. The van der Waals surface area contributed by atoms with Gasteiger partial charge in [0.1, 0.15) is 0 Å². The third kappa shape index (κ3) is 17.4. The second-order valence-corrected chi connectivity index (χ2v) is 43.7. The summed E-state index contributed by atoms with van der Waals surface area (Å²) < 4.78 is 52.5. The van der Waals surface area contributed by atoms with Gasteiger partial charge < -0.3 is 27.4 Å².